The number of nitrogens with one attached hydrogen (secondary N) is 2. The Bertz CT molecular complexity index is 802. The number of anilines is 2. The first kappa shape index (κ1) is 18.6. The number of sulfonamides is 1. The summed E-state index contributed by atoms with van der Waals surface area (Å²) < 4.78 is 37.4. The fourth-order valence-electron chi connectivity index (χ4n) is 2.00. The lowest BCUT2D eigenvalue weighted by Gasteiger charge is -2.10. The number of ether oxygens (including phenoxy) is 2. The molecule has 0 atom stereocenters. The van der Waals surface area contributed by atoms with Crippen molar-refractivity contribution in [2.75, 3.05) is 23.3 Å². The Kier molecular flexibility index (Phi) is 6.24. The Morgan fingerprint density at radius 3 is 2.08 bits per heavy atom. The summed E-state index contributed by atoms with van der Waals surface area (Å²) in [5, 5.41) is 2.50. The van der Waals surface area contributed by atoms with Crippen LogP contribution in [0.3, 0.4) is 0 Å². The van der Waals surface area contributed by atoms with E-state index in [0.29, 0.717) is 23.7 Å². The van der Waals surface area contributed by atoms with Gasteiger partial charge in [-0.15, -0.1) is 0 Å². The second kappa shape index (κ2) is 8.39. The molecule has 0 aliphatic rings. The van der Waals surface area contributed by atoms with Gasteiger partial charge in [-0.2, -0.15) is 0 Å². The summed E-state index contributed by atoms with van der Waals surface area (Å²) in [6, 6.07) is 12.4. The number of carbonyl (C=O) groups is 1. The molecule has 0 saturated heterocycles. The van der Waals surface area contributed by atoms with Crippen molar-refractivity contribution in [2.24, 2.45) is 0 Å². The van der Waals surface area contributed by atoms with Crippen LogP contribution in [0.1, 0.15) is 13.8 Å². The van der Waals surface area contributed by atoms with Crippen LogP contribution in [-0.4, -0.2) is 27.7 Å². The minimum Gasteiger partial charge on any atom is -0.494 e. The zero-order valence-corrected chi connectivity index (χ0v) is 14.8. The van der Waals surface area contributed by atoms with E-state index in [1.165, 1.54) is 24.3 Å². The van der Waals surface area contributed by atoms with Crippen molar-refractivity contribution in [2.45, 2.75) is 18.7 Å². The standard InChI is InChI=1S/C17H20N2O5S/c1-3-23-15-9-5-14(6-10-15)19-25(21,22)16-11-7-13(8-12-16)18-17(20)24-4-2/h5-12,19H,3-4H2,1-2H3,(H,18,20). The zero-order chi connectivity index (χ0) is 18.3. The van der Waals surface area contributed by atoms with Crippen molar-refractivity contribution in [3.63, 3.8) is 0 Å². The molecule has 2 rings (SSSR count). The molecule has 2 aromatic rings. The smallest absolute Gasteiger partial charge is 0.411 e. The molecule has 0 saturated carbocycles. The molecule has 0 bridgehead atoms. The van der Waals surface area contributed by atoms with Gasteiger partial charge < -0.3 is 9.47 Å². The number of benzene rings is 2. The molecule has 2 aromatic carbocycles. The van der Waals surface area contributed by atoms with E-state index in [1.54, 1.807) is 31.2 Å². The van der Waals surface area contributed by atoms with Crippen molar-refractivity contribution in [1.82, 2.24) is 0 Å². The van der Waals surface area contributed by atoms with Crippen molar-refractivity contribution in [1.29, 1.82) is 0 Å². The van der Waals surface area contributed by atoms with Crippen LogP contribution in [0.25, 0.3) is 0 Å². The van der Waals surface area contributed by atoms with Gasteiger partial charge in [-0.05, 0) is 62.4 Å². The van der Waals surface area contributed by atoms with Gasteiger partial charge in [-0.1, -0.05) is 0 Å². The van der Waals surface area contributed by atoms with Gasteiger partial charge in [0.2, 0.25) is 0 Å². The molecule has 0 unspecified atom stereocenters. The van der Waals surface area contributed by atoms with Gasteiger partial charge in [0.05, 0.1) is 18.1 Å². The highest BCUT2D eigenvalue weighted by Gasteiger charge is 2.14. The molecule has 1 amide bonds. The fraction of sp³-hybridized carbons (Fsp3) is 0.235. The highest BCUT2D eigenvalue weighted by Crippen LogP contribution is 2.20. The van der Waals surface area contributed by atoms with E-state index in [-0.39, 0.29) is 11.5 Å². The highest BCUT2D eigenvalue weighted by molar-refractivity contribution is 7.92. The maximum Gasteiger partial charge on any atom is 0.411 e. The first-order valence-electron chi connectivity index (χ1n) is 7.74. The fourth-order valence-corrected chi connectivity index (χ4v) is 3.06. The molecular formula is C17H20N2O5S. The maximum atomic E-state index is 12.4. The molecule has 0 spiro atoms. The van der Waals surface area contributed by atoms with Crippen LogP contribution in [0.5, 0.6) is 5.75 Å². The SMILES string of the molecule is CCOC(=O)Nc1ccc(S(=O)(=O)Nc2ccc(OCC)cc2)cc1. The Balaban J connectivity index is 2.07. The maximum absolute atomic E-state index is 12.4. The van der Waals surface area contributed by atoms with Crippen LogP contribution in [0.15, 0.2) is 53.4 Å². The summed E-state index contributed by atoms with van der Waals surface area (Å²) in [6.45, 7) is 4.36. The molecule has 25 heavy (non-hydrogen) atoms. The summed E-state index contributed by atoms with van der Waals surface area (Å²) in [7, 11) is -3.73. The van der Waals surface area contributed by atoms with Gasteiger partial charge in [0.25, 0.3) is 10.0 Å². The van der Waals surface area contributed by atoms with Gasteiger partial charge in [0, 0.05) is 11.4 Å². The Labute approximate surface area is 147 Å². The molecule has 2 N–H and O–H groups in total. The van der Waals surface area contributed by atoms with Crippen molar-refractivity contribution in [3.05, 3.63) is 48.5 Å². The molecule has 8 heteroatoms. The molecule has 0 aromatic heterocycles. The second-order valence-corrected chi connectivity index (χ2v) is 6.62. The van der Waals surface area contributed by atoms with E-state index >= 15 is 0 Å². The summed E-state index contributed by atoms with van der Waals surface area (Å²) >= 11 is 0. The summed E-state index contributed by atoms with van der Waals surface area (Å²) in [4.78, 5) is 11.4. The summed E-state index contributed by atoms with van der Waals surface area (Å²) in [5.74, 6) is 0.667. The van der Waals surface area contributed by atoms with E-state index in [9.17, 15) is 13.2 Å². The summed E-state index contributed by atoms with van der Waals surface area (Å²) in [5.41, 5.74) is 0.871. The second-order valence-electron chi connectivity index (χ2n) is 4.93. The molecule has 7 nitrogen and oxygen atoms in total. The third-order valence-corrected chi connectivity index (χ3v) is 4.50. The van der Waals surface area contributed by atoms with Crippen molar-refractivity contribution < 1.29 is 22.7 Å². The van der Waals surface area contributed by atoms with Gasteiger partial charge in [0.15, 0.2) is 0 Å². The molecule has 134 valence electrons. The van der Waals surface area contributed by atoms with Crippen LogP contribution in [0, 0.1) is 0 Å². The normalized spacial score (nSPS) is 10.8. The lowest BCUT2D eigenvalue weighted by atomic mass is 10.3. The number of hydrogen-bond acceptors (Lipinski definition) is 5. The number of rotatable bonds is 7. The molecule has 0 fully saturated rings. The van der Waals surface area contributed by atoms with E-state index < -0.39 is 16.1 Å². The molecule has 0 heterocycles. The highest BCUT2D eigenvalue weighted by atomic mass is 32.2. The van der Waals surface area contributed by atoms with Gasteiger partial charge >= 0.3 is 6.09 Å². The molecular weight excluding hydrogens is 344 g/mol. The van der Waals surface area contributed by atoms with Crippen molar-refractivity contribution >= 4 is 27.5 Å². The Hall–Kier alpha value is -2.74. The lowest BCUT2D eigenvalue weighted by molar-refractivity contribution is 0.168. The lowest BCUT2D eigenvalue weighted by Crippen LogP contribution is -2.14. The topological polar surface area (TPSA) is 93.7 Å². The average Bonchev–Trinajstić information content (AvgIpc) is 2.57. The van der Waals surface area contributed by atoms with Crippen LogP contribution in [0.4, 0.5) is 16.2 Å². The number of carbonyl (C=O) groups excluding carboxylic acids is 1. The summed E-state index contributed by atoms with van der Waals surface area (Å²) in [6.07, 6.45) is -0.592. The van der Waals surface area contributed by atoms with E-state index in [1.807, 2.05) is 6.92 Å². The van der Waals surface area contributed by atoms with Gasteiger partial charge in [0.1, 0.15) is 5.75 Å². The molecule has 0 aliphatic heterocycles. The zero-order valence-electron chi connectivity index (χ0n) is 14.0. The third-order valence-electron chi connectivity index (χ3n) is 3.10. The van der Waals surface area contributed by atoms with Crippen LogP contribution < -0.4 is 14.8 Å². The predicted octanol–water partition coefficient (Wildman–Crippen LogP) is 3.45. The van der Waals surface area contributed by atoms with Gasteiger partial charge in [-0.3, -0.25) is 10.0 Å². The minimum absolute atomic E-state index is 0.0794. The van der Waals surface area contributed by atoms with E-state index in [2.05, 4.69) is 10.0 Å². The number of amides is 1. The Morgan fingerprint density at radius 1 is 0.920 bits per heavy atom. The monoisotopic (exact) mass is 364 g/mol. The predicted molar refractivity (Wildman–Crippen MR) is 95.5 cm³/mol. The van der Waals surface area contributed by atoms with Crippen molar-refractivity contribution in [3.8, 4) is 5.75 Å². The van der Waals surface area contributed by atoms with Crippen LogP contribution >= 0.6 is 0 Å². The van der Waals surface area contributed by atoms with Crippen LogP contribution in [0.2, 0.25) is 0 Å². The van der Waals surface area contributed by atoms with E-state index in [0.717, 1.165) is 0 Å². The molecule has 0 aliphatic carbocycles. The first-order chi connectivity index (χ1) is 11.9. The molecule has 0 radical (unpaired) electrons. The Morgan fingerprint density at radius 2 is 1.52 bits per heavy atom. The van der Waals surface area contributed by atoms with E-state index in [4.69, 9.17) is 9.47 Å². The number of hydrogen-bond donors (Lipinski definition) is 2. The largest absolute Gasteiger partial charge is 0.494 e. The minimum atomic E-state index is -3.73. The third kappa shape index (κ3) is 5.39. The first-order valence-corrected chi connectivity index (χ1v) is 9.22. The quantitative estimate of drug-likeness (QED) is 0.785. The van der Waals surface area contributed by atoms with Gasteiger partial charge in [-0.25, -0.2) is 13.2 Å². The average molecular weight is 364 g/mol. The van der Waals surface area contributed by atoms with Crippen LogP contribution in [-0.2, 0) is 14.8 Å².